The van der Waals surface area contributed by atoms with Crippen molar-refractivity contribution >= 4 is 0 Å². The third kappa shape index (κ3) is 3.49. The quantitative estimate of drug-likeness (QED) is 0.357. The van der Waals surface area contributed by atoms with Crippen LogP contribution in [0.15, 0.2) is 0 Å². The molecule has 0 unspecified atom stereocenters. The van der Waals surface area contributed by atoms with E-state index in [1.165, 1.54) is 0 Å². The Kier molecular flexibility index (Phi) is 3.91. The Morgan fingerprint density at radius 2 is 1.06 bits per heavy atom. The van der Waals surface area contributed by atoms with Crippen LogP contribution in [0.4, 0.5) is 26.3 Å². The van der Waals surface area contributed by atoms with Crippen LogP contribution in [-0.4, -0.2) is 28.8 Å². The van der Waals surface area contributed by atoms with Crippen molar-refractivity contribution in [3.05, 3.63) is 0 Å². The predicted molar refractivity (Wildman–Crippen MR) is 39.0 cm³/mol. The molecule has 0 fully saturated rings. The fourth-order valence-corrected chi connectivity index (χ4v) is 0.441. The molecule has 9 heteroatoms. The molecule has 16 heavy (non-hydrogen) atoms. The number of hydrogen-bond acceptors (Lipinski definition) is 3. The summed E-state index contributed by atoms with van der Waals surface area (Å²) in [5.41, 5.74) is -1.44. The van der Waals surface area contributed by atoms with Crippen LogP contribution in [0.3, 0.4) is 0 Å². The summed E-state index contributed by atoms with van der Waals surface area (Å²) in [5, 5.41) is 8.45. The predicted octanol–water partition coefficient (Wildman–Crippen LogP) is 2.55. The van der Waals surface area contributed by atoms with E-state index in [2.05, 4.69) is 9.78 Å². The van der Waals surface area contributed by atoms with E-state index in [4.69, 9.17) is 5.11 Å². The highest BCUT2D eigenvalue weighted by molar-refractivity contribution is 4.83. The highest BCUT2D eigenvalue weighted by Crippen LogP contribution is 2.44. The molecular formula is C7H10F6O3. The maximum Gasteiger partial charge on any atom is 0.456 e. The van der Waals surface area contributed by atoms with E-state index in [0.717, 1.165) is 20.8 Å². The Hall–Kier alpha value is -0.540. The molecule has 0 saturated heterocycles. The number of hydrogen-bond donors (Lipinski definition) is 1. The van der Waals surface area contributed by atoms with Crippen molar-refractivity contribution in [2.75, 3.05) is 0 Å². The topological polar surface area (TPSA) is 38.7 Å². The molecule has 0 bridgehead atoms. The van der Waals surface area contributed by atoms with E-state index in [-0.39, 0.29) is 0 Å². The molecule has 1 N–H and O–H groups in total. The Labute approximate surface area is 86.9 Å². The average Bonchev–Trinajstić information content (AvgIpc) is 1.93. The molecule has 0 heterocycles. The van der Waals surface area contributed by atoms with Crippen molar-refractivity contribution in [3.8, 4) is 0 Å². The highest BCUT2D eigenvalue weighted by Gasteiger charge is 2.74. The fourth-order valence-electron chi connectivity index (χ4n) is 0.441. The van der Waals surface area contributed by atoms with Crippen LogP contribution in [-0.2, 0) is 9.78 Å². The second-order valence-electron chi connectivity index (χ2n) is 3.92. The normalized spacial score (nSPS) is 15.4. The monoisotopic (exact) mass is 256 g/mol. The molecular weight excluding hydrogens is 246 g/mol. The van der Waals surface area contributed by atoms with Gasteiger partial charge in [-0.25, -0.2) is 4.89 Å². The van der Waals surface area contributed by atoms with Gasteiger partial charge in [-0.3, -0.25) is 0 Å². The first-order valence-corrected chi connectivity index (χ1v) is 3.93. The molecule has 0 aliphatic heterocycles. The number of aliphatic hydroxyl groups is 1. The minimum atomic E-state index is -6.06. The zero-order valence-corrected chi connectivity index (χ0v) is 8.53. The number of halogens is 6. The van der Waals surface area contributed by atoms with Crippen molar-refractivity contribution < 1.29 is 41.2 Å². The van der Waals surface area contributed by atoms with Crippen LogP contribution >= 0.6 is 0 Å². The Morgan fingerprint density at radius 1 is 0.750 bits per heavy atom. The maximum absolute atomic E-state index is 12.0. The van der Waals surface area contributed by atoms with Crippen molar-refractivity contribution in [2.24, 2.45) is 0 Å². The van der Waals surface area contributed by atoms with Gasteiger partial charge in [0, 0.05) is 0 Å². The van der Waals surface area contributed by atoms with Gasteiger partial charge in [0.15, 0.2) is 0 Å². The standard InChI is InChI=1S/C7H10F6O3/c1-4(2,3)15-16-5(14,6(8,9)10)7(11,12)13/h14H,1-3H3. The molecule has 0 aromatic heterocycles. The van der Waals surface area contributed by atoms with Crippen molar-refractivity contribution in [2.45, 2.75) is 44.5 Å². The molecule has 0 spiro atoms. The van der Waals surface area contributed by atoms with E-state index in [9.17, 15) is 26.3 Å². The smallest absolute Gasteiger partial charge is 0.349 e. The van der Waals surface area contributed by atoms with Crippen molar-refractivity contribution in [1.82, 2.24) is 0 Å². The molecule has 0 aliphatic rings. The number of alkyl halides is 6. The summed E-state index contributed by atoms with van der Waals surface area (Å²) in [5.74, 6) is -5.34. The fraction of sp³-hybridized carbons (Fsp3) is 1.00. The van der Waals surface area contributed by atoms with Gasteiger partial charge in [-0.05, 0) is 20.8 Å². The summed E-state index contributed by atoms with van der Waals surface area (Å²) < 4.78 is 72.0. The lowest BCUT2D eigenvalue weighted by molar-refractivity contribution is -0.557. The van der Waals surface area contributed by atoms with Crippen LogP contribution in [0, 0.1) is 0 Å². The van der Waals surface area contributed by atoms with Gasteiger partial charge in [-0.1, -0.05) is 0 Å². The van der Waals surface area contributed by atoms with E-state index in [0.29, 0.717) is 0 Å². The van der Waals surface area contributed by atoms with E-state index in [1.807, 2.05) is 0 Å². The second kappa shape index (κ2) is 4.04. The van der Waals surface area contributed by atoms with Gasteiger partial charge in [-0.15, -0.1) is 0 Å². The lowest BCUT2D eigenvalue weighted by Gasteiger charge is -2.32. The van der Waals surface area contributed by atoms with Crippen LogP contribution in [0.1, 0.15) is 20.8 Å². The summed E-state index contributed by atoms with van der Waals surface area (Å²) in [6, 6.07) is 0. The first-order valence-electron chi connectivity index (χ1n) is 3.93. The molecule has 0 aromatic carbocycles. The van der Waals surface area contributed by atoms with Crippen molar-refractivity contribution in [3.63, 3.8) is 0 Å². The highest BCUT2D eigenvalue weighted by atomic mass is 19.4. The van der Waals surface area contributed by atoms with Crippen LogP contribution in [0.25, 0.3) is 0 Å². The van der Waals surface area contributed by atoms with Gasteiger partial charge in [0.2, 0.25) is 0 Å². The third-order valence-corrected chi connectivity index (χ3v) is 1.18. The second-order valence-corrected chi connectivity index (χ2v) is 3.92. The van der Waals surface area contributed by atoms with Gasteiger partial charge in [0.1, 0.15) is 0 Å². The Bertz CT molecular complexity index is 224. The van der Waals surface area contributed by atoms with E-state index >= 15 is 0 Å². The Morgan fingerprint density at radius 3 is 1.25 bits per heavy atom. The molecule has 0 aliphatic carbocycles. The van der Waals surface area contributed by atoms with Gasteiger partial charge in [0.05, 0.1) is 5.60 Å². The van der Waals surface area contributed by atoms with Crippen LogP contribution in [0.5, 0.6) is 0 Å². The SMILES string of the molecule is CC(C)(C)OOC(O)(C(F)(F)F)C(F)(F)F. The summed E-state index contributed by atoms with van der Waals surface area (Å²) in [7, 11) is 0. The van der Waals surface area contributed by atoms with Gasteiger partial charge >= 0.3 is 18.1 Å². The minimum absolute atomic E-state index is 1.15. The first-order chi connectivity index (χ1) is 6.71. The van der Waals surface area contributed by atoms with E-state index < -0.39 is 23.7 Å². The molecule has 0 saturated carbocycles. The lowest BCUT2D eigenvalue weighted by atomic mass is 10.2. The lowest BCUT2D eigenvalue weighted by Crippen LogP contribution is -2.59. The molecule has 0 radical (unpaired) electrons. The van der Waals surface area contributed by atoms with Gasteiger partial charge in [-0.2, -0.15) is 31.2 Å². The summed E-state index contributed by atoms with van der Waals surface area (Å²) in [4.78, 5) is 6.99. The summed E-state index contributed by atoms with van der Waals surface area (Å²) in [6.07, 6.45) is -12.1. The summed E-state index contributed by atoms with van der Waals surface area (Å²) in [6.45, 7) is 3.46. The first kappa shape index (κ1) is 15.5. The van der Waals surface area contributed by atoms with Crippen LogP contribution < -0.4 is 0 Å². The minimum Gasteiger partial charge on any atom is -0.349 e. The Balaban J connectivity index is 5.00. The molecule has 0 aromatic rings. The molecule has 0 atom stereocenters. The van der Waals surface area contributed by atoms with E-state index in [1.54, 1.807) is 0 Å². The van der Waals surface area contributed by atoms with Crippen LogP contribution in [0.2, 0.25) is 0 Å². The molecule has 0 amide bonds. The van der Waals surface area contributed by atoms with Crippen molar-refractivity contribution in [1.29, 1.82) is 0 Å². The average molecular weight is 256 g/mol. The van der Waals surface area contributed by atoms with Gasteiger partial charge < -0.3 is 5.11 Å². The zero-order chi connectivity index (χ0) is 13.4. The maximum atomic E-state index is 12.0. The molecule has 98 valence electrons. The zero-order valence-electron chi connectivity index (χ0n) is 8.53. The number of rotatable bonds is 2. The molecule has 3 nitrogen and oxygen atoms in total. The summed E-state index contributed by atoms with van der Waals surface area (Å²) >= 11 is 0. The van der Waals surface area contributed by atoms with Gasteiger partial charge in [0.25, 0.3) is 0 Å². The third-order valence-electron chi connectivity index (χ3n) is 1.18. The molecule has 0 rings (SSSR count). The largest absolute Gasteiger partial charge is 0.456 e.